The van der Waals surface area contributed by atoms with Gasteiger partial charge in [0.1, 0.15) is 0 Å². The van der Waals surface area contributed by atoms with Gasteiger partial charge in [-0.25, -0.2) is 14.7 Å². The van der Waals surface area contributed by atoms with Gasteiger partial charge in [0, 0.05) is 25.3 Å². The van der Waals surface area contributed by atoms with Gasteiger partial charge in [-0.05, 0) is 70.7 Å². The van der Waals surface area contributed by atoms with Gasteiger partial charge < -0.3 is 15.5 Å². The predicted molar refractivity (Wildman–Crippen MR) is 127 cm³/mol. The SMILES string of the molecule is CN(C)CCC1CCCCN1CCNC(=O)N1c2ccccc2C(=O)Nc2cccnc21. The van der Waals surface area contributed by atoms with E-state index in [2.05, 4.69) is 39.5 Å². The van der Waals surface area contributed by atoms with E-state index in [1.165, 1.54) is 24.2 Å². The summed E-state index contributed by atoms with van der Waals surface area (Å²) in [5, 5.41) is 5.93. The van der Waals surface area contributed by atoms with E-state index >= 15 is 0 Å². The number of urea groups is 1. The molecule has 8 nitrogen and oxygen atoms in total. The number of benzene rings is 1. The lowest BCUT2D eigenvalue weighted by molar-refractivity contribution is 0.102. The molecule has 0 aliphatic carbocycles. The molecule has 0 radical (unpaired) electrons. The van der Waals surface area contributed by atoms with E-state index in [-0.39, 0.29) is 11.9 Å². The van der Waals surface area contributed by atoms with Crippen molar-refractivity contribution in [2.24, 2.45) is 0 Å². The van der Waals surface area contributed by atoms with Crippen molar-refractivity contribution in [3.05, 3.63) is 48.2 Å². The molecule has 0 spiro atoms. The van der Waals surface area contributed by atoms with Crippen molar-refractivity contribution in [1.29, 1.82) is 0 Å². The van der Waals surface area contributed by atoms with Gasteiger partial charge in [0.15, 0.2) is 5.82 Å². The Bertz CT molecular complexity index is 963. The molecule has 2 N–H and O–H groups in total. The van der Waals surface area contributed by atoms with Crippen molar-refractivity contribution in [3.8, 4) is 0 Å². The minimum atomic E-state index is -0.282. The maximum Gasteiger partial charge on any atom is 0.327 e. The molecule has 1 aromatic carbocycles. The van der Waals surface area contributed by atoms with Crippen LogP contribution in [0.15, 0.2) is 42.6 Å². The fourth-order valence-electron chi connectivity index (χ4n) is 4.52. The highest BCUT2D eigenvalue weighted by Crippen LogP contribution is 2.36. The van der Waals surface area contributed by atoms with Crippen LogP contribution in [0.4, 0.5) is 22.0 Å². The molecule has 3 amide bonds. The number of rotatable bonds is 6. The minimum Gasteiger partial charge on any atom is -0.336 e. The number of pyridine rings is 1. The average molecular weight is 437 g/mol. The standard InChI is InChI=1S/C24H32N6O2/c1-28(2)16-12-18-8-5-6-15-29(18)17-14-26-24(32)30-21-11-4-3-9-19(21)23(31)27-20-10-7-13-25-22(20)30/h3-4,7,9-11,13,18H,5-6,8,12,14-17H2,1-2H3,(H,26,32)(H,27,31). The van der Waals surface area contributed by atoms with Crippen LogP contribution in [0.3, 0.4) is 0 Å². The Morgan fingerprint density at radius 3 is 2.91 bits per heavy atom. The monoisotopic (exact) mass is 436 g/mol. The molecule has 1 saturated heterocycles. The van der Waals surface area contributed by atoms with Crippen LogP contribution in [-0.2, 0) is 0 Å². The van der Waals surface area contributed by atoms with Gasteiger partial charge in [-0.15, -0.1) is 0 Å². The molecule has 4 rings (SSSR count). The van der Waals surface area contributed by atoms with Crippen LogP contribution < -0.4 is 15.5 Å². The number of anilines is 3. The fraction of sp³-hybridized carbons (Fsp3) is 0.458. The van der Waals surface area contributed by atoms with Crippen LogP contribution in [0.2, 0.25) is 0 Å². The predicted octanol–water partition coefficient (Wildman–Crippen LogP) is 3.30. The maximum atomic E-state index is 13.3. The highest BCUT2D eigenvalue weighted by molar-refractivity contribution is 6.16. The number of carbonyl (C=O) groups excluding carboxylic acids is 2. The molecule has 1 atom stereocenters. The lowest BCUT2D eigenvalue weighted by atomic mass is 9.99. The summed E-state index contributed by atoms with van der Waals surface area (Å²) in [7, 11) is 4.22. The van der Waals surface area contributed by atoms with Crippen molar-refractivity contribution in [1.82, 2.24) is 20.1 Å². The van der Waals surface area contributed by atoms with Crippen molar-refractivity contribution in [2.45, 2.75) is 31.7 Å². The van der Waals surface area contributed by atoms with E-state index in [1.54, 1.807) is 36.5 Å². The smallest absolute Gasteiger partial charge is 0.327 e. The number of nitrogens with zero attached hydrogens (tertiary/aromatic N) is 4. The molecule has 1 fully saturated rings. The Morgan fingerprint density at radius 2 is 2.06 bits per heavy atom. The van der Waals surface area contributed by atoms with Crippen LogP contribution in [0.25, 0.3) is 0 Å². The average Bonchev–Trinajstić information content (AvgIpc) is 2.92. The number of likely N-dealkylation sites (tertiary alicyclic amines) is 1. The number of nitrogens with one attached hydrogen (secondary N) is 2. The van der Waals surface area contributed by atoms with Crippen LogP contribution in [0.5, 0.6) is 0 Å². The second kappa shape index (κ2) is 10.1. The molecule has 1 unspecified atom stereocenters. The maximum absolute atomic E-state index is 13.3. The van der Waals surface area contributed by atoms with Crippen molar-refractivity contribution >= 4 is 29.1 Å². The fourth-order valence-corrected chi connectivity index (χ4v) is 4.52. The number of piperidine rings is 1. The molecule has 3 heterocycles. The third-order valence-electron chi connectivity index (χ3n) is 6.17. The zero-order valence-corrected chi connectivity index (χ0v) is 18.9. The normalized spacial score (nSPS) is 18.5. The van der Waals surface area contributed by atoms with Gasteiger partial charge in [-0.3, -0.25) is 9.69 Å². The van der Waals surface area contributed by atoms with Crippen molar-refractivity contribution in [2.75, 3.05) is 50.5 Å². The first-order valence-electron chi connectivity index (χ1n) is 11.4. The summed E-state index contributed by atoms with van der Waals surface area (Å²) in [6, 6.07) is 10.9. The first-order valence-corrected chi connectivity index (χ1v) is 11.4. The number of aromatic nitrogens is 1. The molecule has 0 saturated carbocycles. The number of amides is 3. The molecule has 1 aromatic heterocycles. The first kappa shape index (κ1) is 22.2. The Hall–Kier alpha value is -2.97. The molecular weight excluding hydrogens is 404 g/mol. The Kier molecular flexibility index (Phi) is 7.02. The summed E-state index contributed by atoms with van der Waals surface area (Å²) in [6.45, 7) is 3.50. The van der Waals surface area contributed by atoms with E-state index in [9.17, 15) is 9.59 Å². The van der Waals surface area contributed by atoms with Crippen LogP contribution in [0, 0.1) is 0 Å². The summed E-state index contributed by atoms with van der Waals surface area (Å²) in [6.07, 6.45) is 6.46. The Labute approximate surface area is 189 Å². The number of para-hydroxylation sites is 1. The van der Waals surface area contributed by atoms with Crippen LogP contribution in [-0.4, -0.2) is 73.0 Å². The molecule has 2 aliphatic heterocycles. The van der Waals surface area contributed by atoms with Gasteiger partial charge in [0.2, 0.25) is 0 Å². The van der Waals surface area contributed by atoms with E-state index in [0.717, 1.165) is 26.1 Å². The van der Waals surface area contributed by atoms with Gasteiger partial charge >= 0.3 is 6.03 Å². The van der Waals surface area contributed by atoms with E-state index in [4.69, 9.17) is 0 Å². The Morgan fingerprint density at radius 1 is 1.22 bits per heavy atom. The summed E-state index contributed by atoms with van der Waals surface area (Å²) < 4.78 is 0. The van der Waals surface area contributed by atoms with Gasteiger partial charge in [0.25, 0.3) is 5.91 Å². The van der Waals surface area contributed by atoms with Gasteiger partial charge in [-0.1, -0.05) is 18.6 Å². The third-order valence-corrected chi connectivity index (χ3v) is 6.17. The minimum absolute atomic E-state index is 0.248. The Balaban J connectivity index is 1.47. The summed E-state index contributed by atoms with van der Waals surface area (Å²) >= 11 is 0. The lowest BCUT2D eigenvalue weighted by Crippen LogP contribution is -2.46. The number of carbonyl (C=O) groups is 2. The van der Waals surface area contributed by atoms with Crippen molar-refractivity contribution in [3.63, 3.8) is 0 Å². The largest absolute Gasteiger partial charge is 0.336 e. The van der Waals surface area contributed by atoms with Crippen LogP contribution in [0.1, 0.15) is 36.0 Å². The molecule has 8 heteroatoms. The second-order valence-corrected chi connectivity index (χ2v) is 8.69. The number of fused-ring (bicyclic) bond motifs is 2. The van der Waals surface area contributed by atoms with Gasteiger partial charge in [-0.2, -0.15) is 0 Å². The third kappa shape index (κ3) is 4.92. The summed E-state index contributed by atoms with van der Waals surface area (Å²) in [5.41, 5.74) is 1.49. The second-order valence-electron chi connectivity index (χ2n) is 8.69. The van der Waals surface area contributed by atoms with E-state index < -0.39 is 0 Å². The van der Waals surface area contributed by atoms with Crippen LogP contribution >= 0.6 is 0 Å². The van der Waals surface area contributed by atoms with E-state index in [1.807, 2.05) is 6.07 Å². The van der Waals surface area contributed by atoms with Crippen molar-refractivity contribution < 1.29 is 9.59 Å². The molecular formula is C24H32N6O2. The molecule has 170 valence electrons. The van der Waals surface area contributed by atoms with Gasteiger partial charge in [0.05, 0.1) is 16.9 Å². The zero-order chi connectivity index (χ0) is 22.5. The quantitative estimate of drug-likeness (QED) is 0.726. The highest BCUT2D eigenvalue weighted by Gasteiger charge is 2.30. The molecule has 0 bridgehead atoms. The number of hydrogen-bond acceptors (Lipinski definition) is 5. The first-order chi connectivity index (χ1) is 15.5. The number of hydrogen-bond donors (Lipinski definition) is 2. The molecule has 2 aromatic rings. The molecule has 32 heavy (non-hydrogen) atoms. The zero-order valence-electron chi connectivity index (χ0n) is 18.9. The summed E-state index contributed by atoms with van der Waals surface area (Å²) in [4.78, 5) is 36.7. The molecule has 2 aliphatic rings. The topological polar surface area (TPSA) is 80.8 Å². The summed E-state index contributed by atoms with van der Waals surface area (Å²) in [5.74, 6) is 0.173. The highest BCUT2D eigenvalue weighted by atomic mass is 16.2. The van der Waals surface area contributed by atoms with E-state index in [0.29, 0.717) is 35.3 Å². The lowest BCUT2D eigenvalue weighted by Gasteiger charge is -2.36.